The summed E-state index contributed by atoms with van der Waals surface area (Å²) in [6, 6.07) is 8.02. The first-order valence-electron chi connectivity index (χ1n) is 6.85. The predicted octanol–water partition coefficient (Wildman–Crippen LogP) is 4.97. The molecule has 0 bridgehead atoms. The van der Waals surface area contributed by atoms with Crippen molar-refractivity contribution in [3.05, 3.63) is 60.0 Å². The van der Waals surface area contributed by atoms with Crippen LogP contribution >= 0.6 is 0 Å². The average molecular weight is 337 g/mol. The van der Waals surface area contributed by atoms with Crippen LogP contribution in [0.1, 0.15) is 5.56 Å². The third kappa shape index (κ3) is 3.32. The van der Waals surface area contributed by atoms with E-state index in [2.05, 4.69) is 15.6 Å². The number of anilines is 2. The lowest BCUT2D eigenvalue weighted by molar-refractivity contribution is -0.137. The summed E-state index contributed by atoms with van der Waals surface area (Å²) >= 11 is 0. The first-order chi connectivity index (χ1) is 11.3. The minimum absolute atomic E-state index is 0.215. The van der Waals surface area contributed by atoms with E-state index in [1.807, 2.05) is 0 Å². The van der Waals surface area contributed by atoms with Crippen molar-refractivity contribution in [1.82, 2.24) is 4.98 Å². The third-order valence-electron chi connectivity index (χ3n) is 3.36. The van der Waals surface area contributed by atoms with Crippen molar-refractivity contribution >= 4 is 28.3 Å². The van der Waals surface area contributed by atoms with Gasteiger partial charge in [0.15, 0.2) is 0 Å². The maximum absolute atomic E-state index is 13.3. The Morgan fingerprint density at radius 3 is 2.25 bits per heavy atom. The number of hydrogen-bond donors (Lipinski definition) is 3. The number of aromatic nitrogens is 1. The van der Waals surface area contributed by atoms with Crippen molar-refractivity contribution in [3.63, 3.8) is 0 Å². The van der Waals surface area contributed by atoms with Gasteiger partial charge in [-0.1, -0.05) is 0 Å². The Balaban J connectivity index is 1.68. The van der Waals surface area contributed by atoms with Crippen LogP contribution in [0.2, 0.25) is 0 Å². The van der Waals surface area contributed by atoms with Gasteiger partial charge in [-0.05, 0) is 42.5 Å². The second kappa shape index (κ2) is 5.88. The fraction of sp³-hybridized carbons (Fsp3) is 0.0625. The molecule has 0 aliphatic rings. The number of urea groups is 1. The summed E-state index contributed by atoms with van der Waals surface area (Å²) in [5.74, 6) is -0.397. The highest BCUT2D eigenvalue weighted by molar-refractivity contribution is 6.00. The molecule has 3 rings (SSSR count). The van der Waals surface area contributed by atoms with Crippen molar-refractivity contribution in [3.8, 4) is 0 Å². The number of carbonyl (C=O) groups excluding carboxylic acids is 1. The van der Waals surface area contributed by atoms with Gasteiger partial charge in [0.25, 0.3) is 0 Å². The summed E-state index contributed by atoms with van der Waals surface area (Å²) in [6.45, 7) is 0. The van der Waals surface area contributed by atoms with E-state index in [4.69, 9.17) is 0 Å². The zero-order valence-electron chi connectivity index (χ0n) is 12.0. The van der Waals surface area contributed by atoms with Crippen LogP contribution in [0.5, 0.6) is 0 Å². The molecule has 4 nitrogen and oxygen atoms in total. The van der Waals surface area contributed by atoms with Crippen LogP contribution in [-0.4, -0.2) is 11.0 Å². The number of hydrogen-bond acceptors (Lipinski definition) is 1. The van der Waals surface area contributed by atoms with E-state index in [0.29, 0.717) is 16.6 Å². The molecular formula is C16H11F4N3O. The molecule has 1 aromatic heterocycles. The Kier molecular flexibility index (Phi) is 3.88. The van der Waals surface area contributed by atoms with Gasteiger partial charge in [-0.2, -0.15) is 13.2 Å². The molecule has 0 atom stereocenters. The number of benzene rings is 2. The van der Waals surface area contributed by atoms with Gasteiger partial charge in [0.05, 0.1) is 11.1 Å². The summed E-state index contributed by atoms with van der Waals surface area (Å²) < 4.78 is 50.7. The van der Waals surface area contributed by atoms with Crippen LogP contribution in [0.3, 0.4) is 0 Å². The Morgan fingerprint density at radius 2 is 1.58 bits per heavy atom. The molecule has 3 N–H and O–H groups in total. The Hall–Kier alpha value is -3.03. The van der Waals surface area contributed by atoms with Gasteiger partial charge in [-0.3, -0.25) is 0 Å². The summed E-state index contributed by atoms with van der Waals surface area (Å²) in [5.41, 5.74) is 0.341. The van der Waals surface area contributed by atoms with E-state index < -0.39 is 23.6 Å². The van der Waals surface area contributed by atoms with E-state index in [0.717, 1.165) is 24.3 Å². The second-order valence-electron chi connectivity index (χ2n) is 5.05. The average Bonchev–Trinajstić information content (AvgIpc) is 2.87. The molecule has 2 amide bonds. The zero-order valence-corrected chi connectivity index (χ0v) is 12.0. The molecular weight excluding hydrogens is 326 g/mol. The number of carbonyl (C=O) groups is 1. The molecule has 2 aromatic carbocycles. The molecule has 0 saturated carbocycles. The molecule has 0 radical (unpaired) electrons. The van der Waals surface area contributed by atoms with Gasteiger partial charge < -0.3 is 15.6 Å². The lowest BCUT2D eigenvalue weighted by Crippen LogP contribution is -2.19. The van der Waals surface area contributed by atoms with Gasteiger partial charge in [0, 0.05) is 23.0 Å². The number of halogens is 4. The maximum atomic E-state index is 13.3. The fourth-order valence-corrected chi connectivity index (χ4v) is 2.20. The summed E-state index contributed by atoms with van der Waals surface area (Å²) in [6.07, 6.45) is -3.22. The van der Waals surface area contributed by atoms with Gasteiger partial charge in [-0.25, -0.2) is 9.18 Å². The van der Waals surface area contributed by atoms with Gasteiger partial charge >= 0.3 is 12.2 Å². The Bertz CT molecular complexity index is 884. The quantitative estimate of drug-likeness (QED) is 0.568. The molecule has 24 heavy (non-hydrogen) atoms. The van der Waals surface area contributed by atoms with E-state index in [1.54, 1.807) is 6.07 Å². The van der Waals surface area contributed by atoms with Crippen LogP contribution < -0.4 is 10.6 Å². The molecule has 0 saturated heterocycles. The van der Waals surface area contributed by atoms with Crippen LogP contribution in [0.15, 0.2) is 48.7 Å². The largest absolute Gasteiger partial charge is 0.416 e. The molecule has 3 aromatic rings. The molecule has 0 spiro atoms. The van der Waals surface area contributed by atoms with E-state index in [1.165, 1.54) is 18.3 Å². The monoisotopic (exact) mass is 337 g/mol. The van der Waals surface area contributed by atoms with Crippen molar-refractivity contribution in [2.75, 3.05) is 10.6 Å². The van der Waals surface area contributed by atoms with Gasteiger partial charge in [0.1, 0.15) is 5.82 Å². The highest BCUT2D eigenvalue weighted by Crippen LogP contribution is 2.29. The highest BCUT2D eigenvalue weighted by Gasteiger charge is 2.29. The fourth-order valence-electron chi connectivity index (χ4n) is 2.20. The van der Waals surface area contributed by atoms with Crippen LogP contribution in [0.25, 0.3) is 10.9 Å². The predicted molar refractivity (Wildman–Crippen MR) is 82.3 cm³/mol. The Labute approximate surface area is 133 Å². The minimum Gasteiger partial charge on any atom is -0.358 e. The van der Waals surface area contributed by atoms with Crippen molar-refractivity contribution in [1.29, 1.82) is 0 Å². The maximum Gasteiger partial charge on any atom is 0.416 e. The van der Waals surface area contributed by atoms with Crippen molar-refractivity contribution in [2.45, 2.75) is 6.18 Å². The summed E-state index contributed by atoms with van der Waals surface area (Å²) in [7, 11) is 0. The number of alkyl halides is 3. The molecule has 0 unspecified atom stereocenters. The zero-order chi connectivity index (χ0) is 17.3. The number of amides is 2. The lowest BCUT2D eigenvalue weighted by Gasteiger charge is -2.10. The molecule has 0 aliphatic heterocycles. The molecule has 0 fully saturated rings. The molecule has 8 heteroatoms. The number of H-pyrrole nitrogens is 1. The first-order valence-corrected chi connectivity index (χ1v) is 6.85. The summed E-state index contributed by atoms with van der Waals surface area (Å²) in [4.78, 5) is 14.6. The van der Waals surface area contributed by atoms with E-state index >= 15 is 0 Å². The molecule has 0 aliphatic carbocycles. The first kappa shape index (κ1) is 15.9. The van der Waals surface area contributed by atoms with Gasteiger partial charge in [0.2, 0.25) is 0 Å². The SMILES string of the molecule is O=C(Nc1ccc(C(F)(F)F)cc1)Nc1ccc2c(F)c[nH]c2c1. The van der Waals surface area contributed by atoms with Gasteiger partial charge in [-0.15, -0.1) is 0 Å². The Morgan fingerprint density at radius 1 is 0.958 bits per heavy atom. The van der Waals surface area contributed by atoms with E-state index in [-0.39, 0.29) is 5.69 Å². The number of aromatic amines is 1. The molecule has 1 heterocycles. The number of rotatable bonds is 2. The third-order valence-corrected chi connectivity index (χ3v) is 3.36. The topological polar surface area (TPSA) is 56.9 Å². The van der Waals surface area contributed by atoms with Crippen LogP contribution in [-0.2, 0) is 6.18 Å². The van der Waals surface area contributed by atoms with Crippen LogP contribution in [0, 0.1) is 5.82 Å². The van der Waals surface area contributed by atoms with E-state index in [9.17, 15) is 22.4 Å². The van der Waals surface area contributed by atoms with Crippen molar-refractivity contribution in [2.24, 2.45) is 0 Å². The minimum atomic E-state index is -4.43. The lowest BCUT2D eigenvalue weighted by atomic mass is 10.2. The molecule has 124 valence electrons. The number of nitrogens with one attached hydrogen (secondary N) is 3. The standard InChI is InChI=1S/C16H11F4N3O/c17-13-8-21-14-7-11(5-6-12(13)14)23-15(24)22-10-3-1-9(2-4-10)16(18,19)20/h1-8,21H,(H2,22,23,24). The normalized spacial score (nSPS) is 11.5. The second-order valence-corrected chi connectivity index (χ2v) is 5.05. The number of fused-ring (bicyclic) bond motifs is 1. The van der Waals surface area contributed by atoms with Crippen molar-refractivity contribution < 1.29 is 22.4 Å². The highest BCUT2D eigenvalue weighted by atomic mass is 19.4. The smallest absolute Gasteiger partial charge is 0.358 e. The summed E-state index contributed by atoms with van der Waals surface area (Å²) in [5, 5.41) is 5.33. The van der Waals surface area contributed by atoms with Crippen LogP contribution in [0.4, 0.5) is 33.7 Å².